The summed E-state index contributed by atoms with van der Waals surface area (Å²) in [6, 6.07) is 6.65. The molecule has 1 rings (SSSR count). The Morgan fingerprint density at radius 2 is 1.82 bits per heavy atom. The van der Waals surface area contributed by atoms with Crippen molar-refractivity contribution in [1.82, 2.24) is 0 Å². The zero-order valence-corrected chi connectivity index (χ0v) is 8.54. The molecule has 0 saturated heterocycles. The molecule has 60 valence electrons. The first-order chi connectivity index (χ1) is 5.09. The first-order valence-electron chi connectivity index (χ1n) is 3.96. The third-order valence-electron chi connectivity index (χ3n) is 1.79. The summed E-state index contributed by atoms with van der Waals surface area (Å²) in [5, 5.41) is 1.29. The minimum atomic E-state index is 0.634. The van der Waals surface area contributed by atoms with E-state index in [1.807, 2.05) is 0 Å². The van der Waals surface area contributed by atoms with Crippen LogP contribution in [0.15, 0.2) is 18.2 Å². The molecule has 1 heteroatoms. The van der Waals surface area contributed by atoms with Gasteiger partial charge in [0.15, 0.2) is 0 Å². The molecule has 0 radical (unpaired) electrons. The Balaban J connectivity index is 3.08. The minimum Gasteiger partial charge on any atom is -0.106 e. The normalized spacial score (nSPS) is 10.6. The van der Waals surface area contributed by atoms with Crippen molar-refractivity contribution in [1.29, 1.82) is 0 Å². The van der Waals surface area contributed by atoms with Gasteiger partial charge in [-0.05, 0) is 23.7 Å². The molecule has 0 aliphatic carbocycles. The van der Waals surface area contributed by atoms with Crippen molar-refractivity contribution in [3.05, 3.63) is 29.3 Å². The monoisotopic (exact) mass is 166 g/mol. The van der Waals surface area contributed by atoms with E-state index in [0.29, 0.717) is 5.92 Å². The minimum absolute atomic E-state index is 0.634. The van der Waals surface area contributed by atoms with Crippen molar-refractivity contribution >= 4 is 14.5 Å². The van der Waals surface area contributed by atoms with Crippen molar-refractivity contribution in [2.45, 2.75) is 26.7 Å². The van der Waals surface area contributed by atoms with E-state index in [2.05, 4.69) is 48.2 Å². The van der Waals surface area contributed by atoms with Crippen LogP contribution >= 0.6 is 9.24 Å². The second-order valence-electron chi connectivity index (χ2n) is 3.33. The van der Waals surface area contributed by atoms with E-state index in [-0.39, 0.29) is 0 Å². The van der Waals surface area contributed by atoms with Crippen LogP contribution in [0.4, 0.5) is 0 Å². The van der Waals surface area contributed by atoms with Gasteiger partial charge in [0.2, 0.25) is 0 Å². The van der Waals surface area contributed by atoms with Crippen LogP contribution in [0.1, 0.15) is 30.9 Å². The van der Waals surface area contributed by atoms with Crippen LogP contribution in [0.3, 0.4) is 0 Å². The van der Waals surface area contributed by atoms with Crippen LogP contribution in [0, 0.1) is 6.92 Å². The van der Waals surface area contributed by atoms with Gasteiger partial charge in [0.05, 0.1) is 0 Å². The lowest BCUT2D eigenvalue weighted by Crippen LogP contribution is -1.97. The van der Waals surface area contributed by atoms with E-state index < -0.39 is 0 Å². The van der Waals surface area contributed by atoms with Crippen molar-refractivity contribution < 1.29 is 0 Å². The van der Waals surface area contributed by atoms with Gasteiger partial charge in [0.1, 0.15) is 0 Å². The number of hydrogen-bond acceptors (Lipinski definition) is 0. The van der Waals surface area contributed by atoms with E-state index in [1.165, 1.54) is 16.4 Å². The van der Waals surface area contributed by atoms with Crippen molar-refractivity contribution in [2.75, 3.05) is 0 Å². The number of hydrogen-bond donors (Lipinski definition) is 0. The Labute approximate surface area is 71.2 Å². The molecule has 0 N–H and O–H groups in total. The van der Waals surface area contributed by atoms with Crippen LogP contribution in [0.2, 0.25) is 0 Å². The highest BCUT2D eigenvalue weighted by atomic mass is 31.0. The van der Waals surface area contributed by atoms with Crippen molar-refractivity contribution in [3.63, 3.8) is 0 Å². The van der Waals surface area contributed by atoms with Gasteiger partial charge in [-0.3, -0.25) is 0 Å². The number of benzene rings is 1. The van der Waals surface area contributed by atoms with Gasteiger partial charge < -0.3 is 0 Å². The molecule has 0 aromatic heterocycles. The molecule has 0 bridgehead atoms. The fourth-order valence-corrected chi connectivity index (χ4v) is 1.63. The highest BCUT2D eigenvalue weighted by molar-refractivity contribution is 7.27. The van der Waals surface area contributed by atoms with E-state index in [0.717, 1.165) is 0 Å². The average Bonchev–Trinajstić information content (AvgIpc) is 1.85. The van der Waals surface area contributed by atoms with E-state index >= 15 is 0 Å². The Morgan fingerprint density at radius 1 is 1.18 bits per heavy atom. The number of rotatable bonds is 1. The predicted octanol–water partition coefficient (Wildman–Crippen LogP) is 2.62. The SMILES string of the molecule is Cc1cc(P)cc(C(C)C)c1. The lowest BCUT2D eigenvalue weighted by molar-refractivity contribution is 0.866. The average molecular weight is 166 g/mol. The molecule has 0 saturated carbocycles. The molecule has 0 spiro atoms. The zero-order valence-electron chi connectivity index (χ0n) is 7.39. The summed E-state index contributed by atoms with van der Waals surface area (Å²) < 4.78 is 0. The predicted molar refractivity (Wildman–Crippen MR) is 54.6 cm³/mol. The second-order valence-corrected chi connectivity index (χ2v) is 4.00. The second kappa shape index (κ2) is 3.36. The Kier molecular flexibility index (Phi) is 2.67. The molecular weight excluding hydrogens is 151 g/mol. The van der Waals surface area contributed by atoms with Gasteiger partial charge >= 0.3 is 0 Å². The summed E-state index contributed by atoms with van der Waals surface area (Å²) in [6.07, 6.45) is 0. The summed E-state index contributed by atoms with van der Waals surface area (Å²) in [4.78, 5) is 0. The molecular formula is C10H15P. The van der Waals surface area contributed by atoms with Gasteiger partial charge in [-0.25, -0.2) is 0 Å². The first-order valence-corrected chi connectivity index (χ1v) is 4.54. The summed E-state index contributed by atoms with van der Waals surface area (Å²) in [5.41, 5.74) is 2.77. The smallest absolute Gasteiger partial charge is 0.0218 e. The van der Waals surface area contributed by atoms with Gasteiger partial charge in [0, 0.05) is 0 Å². The highest BCUT2D eigenvalue weighted by Crippen LogP contribution is 2.14. The van der Waals surface area contributed by atoms with Crippen molar-refractivity contribution in [3.8, 4) is 0 Å². The molecule has 1 aromatic carbocycles. The zero-order chi connectivity index (χ0) is 8.43. The molecule has 1 atom stereocenters. The van der Waals surface area contributed by atoms with Crippen LogP contribution in [-0.2, 0) is 0 Å². The molecule has 0 heterocycles. The molecule has 0 amide bonds. The highest BCUT2D eigenvalue weighted by Gasteiger charge is 1.99. The molecule has 11 heavy (non-hydrogen) atoms. The van der Waals surface area contributed by atoms with Gasteiger partial charge in [-0.1, -0.05) is 37.6 Å². The lowest BCUT2D eigenvalue weighted by Gasteiger charge is -2.07. The van der Waals surface area contributed by atoms with E-state index in [9.17, 15) is 0 Å². The van der Waals surface area contributed by atoms with Crippen LogP contribution in [-0.4, -0.2) is 0 Å². The molecule has 0 fully saturated rings. The van der Waals surface area contributed by atoms with Gasteiger partial charge in [0.25, 0.3) is 0 Å². The molecule has 1 aromatic rings. The Hall–Kier alpha value is -0.350. The quantitative estimate of drug-likeness (QED) is 0.562. The molecule has 0 aliphatic rings. The molecule has 0 aliphatic heterocycles. The summed E-state index contributed by atoms with van der Waals surface area (Å²) in [7, 11) is 2.74. The molecule has 1 unspecified atom stereocenters. The summed E-state index contributed by atoms with van der Waals surface area (Å²) in [6.45, 7) is 6.58. The third kappa shape index (κ3) is 2.31. The summed E-state index contributed by atoms with van der Waals surface area (Å²) >= 11 is 0. The fourth-order valence-electron chi connectivity index (χ4n) is 1.18. The van der Waals surface area contributed by atoms with Crippen LogP contribution in [0.25, 0.3) is 0 Å². The van der Waals surface area contributed by atoms with Gasteiger partial charge in [-0.15, -0.1) is 9.24 Å². The summed E-state index contributed by atoms with van der Waals surface area (Å²) in [5.74, 6) is 0.634. The standard InChI is InChI=1S/C10H15P/c1-7(2)9-4-8(3)5-10(11)6-9/h4-7H,11H2,1-3H3. The maximum absolute atomic E-state index is 2.74. The maximum atomic E-state index is 2.74. The largest absolute Gasteiger partial charge is 0.106 e. The van der Waals surface area contributed by atoms with E-state index in [4.69, 9.17) is 0 Å². The first kappa shape index (κ1) is 8.74. The number of aryl methyl sites for hydroxylation is 1. The topological polar surface area (TPSA) is 0 Å². The fraction of sp³-hybridized carbons (Fsp3) is 0.400. The van der Waals surface area contributed by atoms with Crippen LogP contribution < -0.4 is 5.30 Å². The van der Waals surface area contributed by atoms with E-state index in [1.54, 1.807) is 0 Å². The third-order valence-corrected chi connectivity index (χ3v) is 2.12. The van der Waals surface area contributed by atoms with Crippen molar-refractivity contribution in [2.24, 2.45) is 0 Å². The molecule has 0 nitrogen and oxygen atoms in total. The lowest BCUT2D eigenvalue weighted by atomic mass is 10.0. The Bertz CT molecular complexity index is 231. The maximum Gasteiger partial charge on any atom is -0.0218 e. The van der Waals surface area contributed by atoms with Crippen LogP contribution in [0.5, 0.6) is 0 Å². The van der Waals surface area contributed by atoms with Gasteiger partial charge in [-0.2, -0.15) is 0 Å². The Morgan fingerprint density at radius 3 is 2.27 bits per heavy atom.